The number of carbonyl (C=O) groups is 1. The number of benzene rings is 3. The Morgan fingerprint density at radius 2 is 1.77 bits per heavy atom. The second kappa shape index (κ2) is 8.48. The van der Waals surface area contributed by atoms with E-state index < -0.39 is 5.97 Å². The van der Waals surface area contributed by atoms with Crippen molar-refractivity contribution in [3.8, 4) is 5.75 Å². The summed E-state index contributed by atoms with van der Waals surface area (Å²) in [7, 11) is 0. The third kappa shape index (κ3) is 4.95. The van der Waals surface area contributed by atoms with Crippen molar-refractivity contribution >= 4 is 17.9 Å². The molecule has 0 aromatic heterocycles. The van der Waals surface area contributed by atoms with Gasteiger partial charge in [0.25, 0.3) is 0 Å². The Morgan fingerprint density at radius 1 is 1.00 bits per heavy atom. The average Bonchev–Trinajstić information content (AvgIpc) is 2.68. The van der Waals surface area contributed by atoms with Gasteiger partial charge in [-0.1, -0.05) is 36.4 Å². The maximum absolute atomic E-state index is 10.9. The van der Waals surface area contributed by atoms with E-state index in [0.29, 0.717) is 12.3 Å². The summed E-state index contributed by atoms with van der Waals surface area (Å²) in [6.45, 7) is 0.524. The standard InChI is InChI=1S/C21H18N2O3/c24-21(25)18-7-4-8-19(13-18)23-22-14-16-9-11-20(12-10-16)26-15-17-5-2-1-3-6-17/h1-14,23H,15H2,(H,24,25)/b22-14+. The van der Waals surface area contributed by atoms with Crippen LogP contribution in [0.25, 0.3) is 0 Å². The summed E-state index contributed by atoms with van der Waals surface area (Å²) in [5.41, 5.74) is 5.67. The minimum atomic E-state index is -0.969. The molecule has 3 aromatic rings. The van der Waals surface area contributed by atoms with Gasteiger partial charge in [-0.15, -0.1) is 0 Å². The van der Waals surface area contributed by atoms with Crippen LogP contribution < -0.4 is 10.2 Å². The van der Waals surface area contributed by atoms with Crippen molar-refractivity contribution in [1.29, 1.82) is 0 Å². The van der Waals surface area contributed by atoms with Gasteiger partial charge < -0.3 is 9.84 Å². The lowest BCUT2D eigenvalue weighted by Gasteiger charge is -2.06. The lowest BCUT2D eigenvalue weighted by Crippen LogP contribution is -1.98. The zero-order chi connectivity index (χ0) is 18.2. The molecule has 0 saturated heterocycles. The van der Waals surface area contributed by atoms with Gasteiger partial charge >= 0.3 is 5.97 Å². The number of anilines is 1. The van der Waals surface area contributed by atoms with Crippen LogP contribution in [-0.4, -0.2) is 17.3 Å². The Hall–Kier alpha value is -3.60. The molecular weight excluding hydrogens is 328 g/mol. The third-order valence-corrected chi connectivity index (χ3v) is 3.65. The number of carboxylic acid groups (broad SMARTS) is 1. The topological polar surface area (TPSA) is 70.9 Å². The van der Waals surface area contributed by atoms with Crippen LogP contribution in [0.3, 0.4) is 0 Å². The van der Waals surface area contributed by atoms with Crippen molar-refractivity contribution in [2.45, 2.75) is 6.61 Å². The smallest absolute Gasteiger partial charge is 0.335 e. The fourth-order valence-electron chi connectivity index (χ4n) is 2.29. The first-order valence-electron chi connectivity index (χ1n) is 8.10. The van der Waals surface area contributed by atoms with Crippen LogP contribution in [0.2, 0.25) is 0 Å². The fourth-order valence-corrected chi connectivity index (χ4v) is 2.29. The molecule has 0 heterocycles. The van der Waals surface area contributed by atoms with Crippen molar-refractivity contribution in [3.05, 3.63) is 95.6 Å². The van der Waals surface area contributed by atoms with E-state index in [4.69, 9.17) is 9.84 Å². The monoisotopic (exact) mass is 346 g/mol. The molecule has 0 atom stereocenters. The molecular formula is C21H18N2O3. The van der Waals surface area contributed by atoms with Gasteiger partial charge in [0.15, 0.2) is 0 Å². The van der Waals surface area contributed by atoms with Crippen LogP contribution in [0.4, 0.5) is 5.69 Å². The number of nitrogens with one attached hydrogen (secondary N) is 1. The molecule has 0 amide bonds. The largest absolute Gasteiger partial charge is 0.489 e. The number of carboxylic acids is 1. The Morgan fingerprint density at radius 3 is 2.50 bits per heavy atom. The lowest BCUT2D eigenvalue weighted by molar-refractivity contribution is 0.0697. The van der Waals surface area contributed by atoms with Crippen LogP contribution in [0.15, 0.2) is 84.0 Å². The molecule has 0 bridgehead atoms. The molecule has 5 nitrogen and oxygen atoms in total. The van der Waals surface area contributed by atoms with Gasteiger partial charge in [-0.05, 0) is 53.6 Å². The van der Waals surface area contributed by atoms with Crippen LogP contribution in [0.5, 0.6) is 5.75 Å². The van der Waals surface area contributed by atoms with Gasteiger partial charge in [0.1, 0.15) is 12.4 Å². The van der Waals surface area contributed by atoms with Crippen LogP contribution >= 0.6 is 0 Å². The summed E-state index contributed by atoms with van der Waals surface area (Å²) in [5.74, 6) is -0.183. The number of rotatable bonds is 7. The Balaban J connectivity index is 1.54. The molecule has 3 rings (SSSR count). The van der Waals surface area contributed by atoms with E-state index in [0.717, 1.165) is 16.9 Å². The molecule has 26 heavy (non-hydrogen) atoms. The highest BCUT2D eigenvalue weighted by molar-refractivity contribution is 5.88. The molecule has 3 aromatic carbocycles. The van der Waals surface area contributed by atoms with Gasteiger partial charge in [-0.25, -0.2) is 4.79 Å². The van der Waals surface area contributed by atoms with E-state index in [1.54, 1.807) is 18.3 Å². The second-order valence-corrected chi connectivity index (χ2v) is 5.60. The first kappa shape index (κ1) is 17.2. The van der Waals surface area contributed by atoms with Crippen LogP contribution in [-0.2, 0) is 6.61 Å². The third-order valence-electron chi connectivity index (χ3n) is 3.65. The number of hydrogen-bond acceptors (Lipinski definition) is 4. The summed E-state index contributed by atoms with van der Waals surface area (Å²) in [6.07, 6.45) is 1.66. The quantitative estimate of drug-likeness (QED) is 0.491. The van der Waals surface area contributed by atoms with E-state index in [1.165, 1.54) is 12.1 Å². The first-order valence-corrected chi connectivity index (χ1v) is 8.10. The summed E-state index contributed by atoms with van der Waals surface area (Å²) in [4.78, 5) is 10.9. The molecule has 0 spiro atoms. The molecule has 0 radical (unpaired) electrons. The Kier molecular flexibility index (Phi) is 5.62. The number of aromatic carboxylic acids is 1. The number of ether oxygens (including phenoxy) is 1. The minimum absolute atomic E-state index is 0.213. The van der Waals surface area contributed by atoms with Gasteiger partial charge in [0.05, 0.1) is 17.5 Å². The van der Waals surface area contributed by atoms with E-state index in [1.807, 2.05) is 54.6 Å². The second-order valence-electron chi connectivity index (χ2n) is 5.60. The molecule has 0 aliphatic heterocycles. The summed E-state index contributed by atoms with van der Waals surface area (Å²) in [5, 5.41) is 13.1. The summed E-state index contributed by atoms with van der Waals surface area (Å²) < 4.78 is 5.74. The van der Waals surface area contributed by atoms with Crippen LogP contribution in [0, 0.1) is 0 Å². The average molecular weight is 346 g/mol. The van der Waals surface area contributed by atoms with Gasteiger partial charge in [-0.2, -0.15) is 5.10 Å². The predicted octanol–water partition coefficient (Wildman–Crippen LogP) is 4.41. The lowest BCUT2D eigenvalue weighted by atomic mass is 10.2. The molecule has 2 N–H and O–H groups in total. The highest BCUT2D eigenvalue weighted by Gasteiger charge is 2.02. The van der Waals surface area contributed by atoms with Gasteiger partial charge in [0, 0.05) is 0 Å². The molecule has 0 unspecified atom stereocenters. The first-order chi connectivity index (χ1) is 12.7. The highest BCUT2D eigenvalue weighted by Crippen LogP contribution is 2.14. The summed E-state index contributed by atoms with van der Waals surface area (Å²) >= 11 is 0. The van der Waals surface area contributed by atoms with E-state index >= 15 is 0 Å². The van der Waals surface area contributed by atoms with E-state index in [-0.39, 0.29) is 5.56 Å². The molecule has 0 aliphatic rings. The van der Waals surface area contributed by atoms with Crippen molar-refractivity contribution in [3.63, 3.8) is 0 Å². The number of hydrogen-bond donors (Lipinski definition) is 2. The molecule has 130 valence electrons. The Labute approximate surface area is 151 Å². The zero-order valence-electron chi connectivity index (χ0n) is 14.0. The molecule has 0 aliphatic carbocycles. The molecule has 0 saturated carbocycles. The van der Waals surface area contributed by atoms with Gasteiger partial charge in [-0.3, -0.25) is 5.43 Å². The van der Waals surface area contributed by atoms with E-state index in [2.05, 4.69) is 10.5 Å². The maximum Gasteiger partial charge on any atom is 0.335 e. The van der Waals surface area contributed by atoms with Gasteiger partial charge in [0.2, 0.25) is 0 Å². The molecule has 0 fully saturated rings. The van der Waals surface area contributed by atoms with Crippen molar-refractivity contribution < 1.29 is 14.6 Å². The Bertz CT molecular complexity index is 891. The van der Waals surface area contributed by atoms with Crippen LogP contribution in [0.1, 0.15) is 21.5 Å². The number of nitrogens with zero attached hydrogens (tertiary/aromatic N) is 1. The zero-order valence-corrected chi connectivity index (χ0v) is 14.0. The predicted molar refractivity (Wildman–Crippen MR) is 102 cm³/mol. The minimum Gasteiger partial charge on any atom is -0.489 e. The molecule has 5 heteroatoms. The maximum atomic E-state index is 10.9. The SMILES string of the molecule is O=C(O)c1cccc(N/N=C/c2ccc(OCc3ccccc3)cc2)c1. The highest BCUT2D eigenvalue weighted by atomic mass is 16.5. The number of hydrazone groups is 1. The van der Waals surface area contributed by atoms with Crippen molar-refractivity contribution in [2.75, 3.05) is 5.43 Å². The summed E-state index contributed by atoms with van der Waals surface area (Å²) in [6, 6.07) is 24.0. The van der Waals surface area contributed by atoms with E-state index in [9.17, 15) is 4.79 Å². The fraction of sp³-hybridized carbons (Fsp3) is 0.0476. The van der Waals surface area contributed by atoms with Crippen molar-refractivity contribution in [1.82, 2.24) is 0 Å². The normalized spacial score (nSPS) is 10.6. The van der Waals surface area contributed by atoms with Crippen molar-refractivity contribution in [2.24, 2.45) is 5.10 Å².